The third-order valence-electron chi connectivity index (χ3n) is 4.58. The first-order chi connectivity index (χ1) is 14.1. The predicted molar refractivity (Wildman–Crippen MR) is 97.8 cm³/mol. The van der Waals surface area contributed by atoms with Gasteiger partial charge in [-0.15, -0.1) is 0 Å². The quantitative estimate of drug-likeness (QED) is 0.316. The lowest BCUT2D eigenvalue weighted by atomic mass is 10.1. The van der Waals surface area contributed by atoms with E-state index in [9.17, 15) is 33.0 Å². The summed E-state index contributed by atoms with van der Waals surface area (Å²) in [4.78, 5) is 71.0. The van der Waals surface area contributed by atoms with E-state index < -0.39 is 64.5 Å². The molecule has 0 aromatic heterocycles. The molecule has 3 atom stereocenters. The standard InChI is InChI=1S/C17H22N2O10S/c1-10-8-12(20)18(14(10)22)16(24)28-6-4-2-3-5-7-29-17(25)19-13(21)9-11(15(19)23)30(26)27/h10-11H,2-9H2,1H3,(H,26,27). The zero-order valence-electron chi connectivity index (χ0n) is 16.2. The average Bonchev–Trinajstić information content (AvgIpc) is 3.11. The molecular formula is C17H22N2O10S. The fraction of sp³-hybridized carbons (Fsp3) is 0.647. The van der Waals surface area contributed by atoms with Crippen molar-refractivity contribution >= 4 is 46.9 Å². The number of carbonyl (C=O) groups is 6. The summed E-state index contributed by atoms with van der Waals surface area (Å²) in [6, 6.07) is 0. The maximum absolute atomic E-state index is 11.8. The Morgan fingerprint density at radius 1 is 0.900 bits per heavy atom. The molecule has 2 rings (SSSR count). The Labute approximate surface area is 174 Å². The van der Waals surface area contributed by atoms with Crippen LogP contribution >= 0.6 is 0 Å². The van der Waals surface area contributed by atoms with Crippen LogP contribution in [-0.4, -0.2) is 72.8 Å². The van der Waals surface area contributed by atoms with Crippen LogP contribution < -0.4 is 0 Å². The summed E-state index contributed by atoms with van der Waals surface area (Å²) < 4.78 is 29.7. The van der Waals surface area contributed by atoms with Crippen LogP contribution in [0.2, 0.25) is 0 Å². The summed E-state index contributed by atoms with van der Waals surface area (Å²) in [5, 5.41) is -1.46. The summed E-state index contributed by atoms with van der Waals surface area (Å²) in [5.41, 5.74) is 0. The highest BCUT2D eigenvalue weighted by Crippen LogP contribution is 2.20. The predicted octanol–water partition coefficient (Wildman–Crippen LogP) is 0.564. The maximum Gasteiger partial charge on any atom is 0.423 e. The molecule has 0 aromatic rings. The number of imide groups is 6. The number of rotatable bonds is 8. The van der Waals surface area contributed by atoms with Gasteiger partial charge in [-0.2, -0.15) is 9.80 Å². The molecule has 0 aromatic carbocycles. The van der Waals surface area contributed by atoms with Gasteiger partial charge in [0.25, 0.3) is 5.91 Å². The summed E-state index contributed by atoms with van der Waals surface area (Å²) >= 11 is -2.55. The fourth-order valence-corrected chi connectivity index (χ4v) is 3.50. The molecule has 0 spiro atoms. The van der Waals surface area contributed by atoms with E-state index in [0.29, 0.717) is 30.6 Å². The topological polar surface area (TPSA) is 165 Å². The Morgan fingerprint density at radius 3 is 1.77 bits per heavy atom. The summed E-state index contributed by atoms with van der Waals surface area (Å²) in [7, 11) is 0. The zero-order chi connectivity index (χ0) is 22.4. The molecule has 0 saturated carbocycles. The van der Waals surface area contributed by atoms with Gasteiger partial charge in [0.15, 0.2) is 11.1 Å². The van der Waals surface area contributed by atoms with Crippen LogP contribution in [0, 0.1) is 5.92 Å². The largest absolute Gasteiger partial charge is 0.449 e. The molecule has 13 heteroatoms. The van der Waals surface area contributed by atoms with Crippen molar-refractivity contribution in [1.82, 2.24) is 9.80 Å². The van der Waals surface area contributed by atoms with Gasteiger partial charge in [-0.3, -0.25) is 19.2 Å². The molecule has 2 aliphatic rings. The normalized spacial score (nSPS) is 22.6. The second-order valence-electron chi connectivity index (χ2n) is 6.85. The Morgan fingerprint density at radius 2 is 1.37 bits per heavy atom. The SMILES string of the molecule is CC1CC(=O)N(C(=O)OCCCCCCOC(=O)N2C(=O)CC(S(=O)O)C2=O)C1=O. The molecule has 2 aliphatic heterocycles. The van der Waals surface area contributed by atoms with Crippen molar-refractivity contribution in [1.29, 1.82) is 0 Å². The molecule has 166 valence electrons. The number of ether oxygens (including phenoxy) is 2. The highest BCUT2D eigenvalue weighted by atomic mass is 32.2. The minimum Gasteiger partial charge on any atom is -0.449 e. The zero-order valence-corrected chi connectivity index (χ0v) is 17.1. The number of unbranched alkanes of at least 4 members (excludes halogenated alkanes) is 3. The number of nitrogens with zero attached hydrogens (tertiary/aromatic N) is 2. The third kappa shape index (κ3) is 5.48. The van der Waals surface area contributed by atoms with E-state index in [-0.39, 0.29) is 24.5 Å². The first kappa shape index (κ1) is 23.6. The van der Waals surface area contributed by atoms with E-state index in [1.807, 2.05) is 0 Å². The summed E-state index contributed by atoms with van der Waals surface area (Å²) in [6.07, 6.45) is -0.662. The molecule has 3 unspecified atom stereocenters. The molecule has 0 radical (unpaired) electrons. The van der Waals surface area contributed by atoms with E-state index in [1.165, 1.54) is 0 Å². The van der Waals surface area contributed by atoms with Gasteiger partial charge in [-0.1, -0.05) is 6.92 Å². The molecule has 30 heavy (non-hydrogen) atoms. The minimum absolute atomic E-state index is 0.0141. The number of hydrogen-bond donors (Lipinski definition) is 1. The third-order valence-corrected chi connectivity index (χ3v) is 5.43. The Kier molecular flexibility index (Phi) is 8.17. The lowest BCUT2D eigenvalue weighted by Crippen LogP contribution is -2.39. The summed E-state index contributed by atoms with van der Waals surface area (Å²) in [5.74, 6) is -3.62. The van der Waals surface area contributed by atoms with Gasteiger partial charge in [0, 0.05) is 12.3 Å². The van der Waals surface area contributed by atoms with E-state index in [0.717, 1.165) is 0 Å². The average molecular weight is 446 g/mol. The first-order valence-corrected chi connectivity index (χ1v) is 10.5. The van der Waals surface area contributed by atoms with Crippen molar-refractivity contribution in [3.8, 4) is 0 Å². The highest BCUT2D eigenvalue weighted by Gasteiger charge is 2.46. The minimum atomic E-state index is -2.55. The van der Waals surface area contributed by atoms with E-state index in [2.05, 4.69) is 0 Å². The van der Waals surface area contributed by atoms with Crippen molar-refractivity contribution in [2.75, 3.05) is 13.2 Å². The van der Waals surface area contributed by atoms with Gasteiger partial charge in [0.2, 0.25) is 17.7 Å². The van der Waals surface area contributed by atoms with Crippen LogP contribution in [0.3, 0.4) is 0 Å². The number of likely N-dealkylation sites (tertiary alicyclic amines) is 2. The molecule has 0 bridgehead atoms. The second kappa shape index (κ2) is 10.4. The van der Waals surface area contributed by atoms with Crippen LogP contribution in [0.15, 0.2) is 0 Å². The lowest BCUT2D eigenvalue weighted by molar-refractivity contribution is -0.138. The van der Waals surface area contributed by atoms with Crippen LogP contribution in [0.1, 0.15) is 45.4 Å². The van der Waals surface area contributed by atoms with Crippen LogP contribution in [0.5, 0.6) is 0 Å². The summed E-state index contributed by atoms with van der Waals surface area (Å²) in [6.45, 7) is 1.50. The van der Waals surface area contributed by atoms with Crippen molar-refractivity contribution < 1.29 is 47.0 Å². The number of hydrogen-bond acceptors (Lipinski definition) is 9. The lowest BCUT2D eigenvalue weighted by Gasteiger charge is -2.13. The Hall–Kier alpha value is -2.67. The van der Waals surface area contributed by atoms with Gasteiger partial charge in [0.1, 0.15) is 5.25 Å². The van der Waals surface area contributed by atoms with Crippen molar-refractivity contribution in [2.45, 2.75) is 50.7 Å². The van der Waals surface area contributed by atoms with Crippen molar-refractivity contribution in [3.63, 3.8) is 0 Å². The molecule has 2 saturated heterocycles. The fourth-order valence-electron chi connectivity index (χ4n) is 2.93. The smallest absolute Gasteiger partial charge is 0.423 e. The van der Waals surface area contributed by atoms with Gasteiger partial charge in [-0.25, -0.2) is 13.8 Å². The van der Waals surface area contributed by atoms with E-state index in [4.69, 9.17) is 14.0 Å². The molecule has 2 heterocycles. The maximum atomic E-state index is 11.8. The molecule has 2 fully saturated rings. The molecular weight excluding hydrogens is 424 g/mol. The van der Waals surface area contributed by atoms with Gasteiger partial charge < -0.3 is 14.0 Å². The number of amides is 6. The Balaban J connectivity index is 1.58. The van der Waals surface area contributed by atoms with Gasteiger partial charge >= 0.3 is 12.2 Å². The molecule has 0 aliphatic carbocycles. The first-order valence-electron chi connectivity index (χ1n) is 9.32. The Bertz CT molecular complexity index is 783. The molecule has 12 nitrogen and oxygen atoms in total. The van der Waals surface area contributed by atoms with Gasteiger partial charge in [0.05, 0.1) is 19.6 Å². The van der Waals surface area contributed by atoms with Crippen LogP contribution in [0.4, 0.5) is 9.59 Å². The molecule has 1 N–H and O–H groups in total. The monoisotopic (exact) mass is 446 g/mol. The second-order valence-corrected chi connectivity index (χ2v) is 7.97. The van der Waals surface area contributed by atoms with Crippen LogP contribution in [-0.2, 0) is 39.7 Å². The van der Waals surface area contributed by atoms with Crippen molar-refractivity contribution in [3.05, 3.63) is 0 Å². The number of carbonyl (C=O) groups excluding carboxylic acids is 6. The van der Waals surface area contributed by atoms with Crippen LogP contribution in [0.25, 0.3) is 0 Å². The van der Waals surface area contributed by atoms with E-state index in [1.54, 1.807) is 6.92 Å². The highest BCUT2D eigenvalue weighted by molar-refractivity contribution is 7.80. The molecule has 6 amide bonds. The van der Waals surface area contributed by atoms with Crippen molar-refractivity contribution in [2.24, 2.45) is 5.92 Å². The van der Waals surface area contributed by atoms with E-state index >= 15 is 0 Å². The van der Waals surface area contributed by atoms with Gasteiger partial charge in [-0.05, 0) is 25.7 Å².